The van der Waals surface area contributed by atoms with Crippen molar-refractivity contribution in [3.8, 4) is 11.3 Å². The van der Waals surface area contributed by atoms with E-state index >= 15 is 0 Å². The van der Waals surface area contributed by atoms with Gasteiger partial charge < -0.3 is 29.1 Å². The first kappa shape index (κ1) is 21.3. The highest BCUT2D eigenvalue weighted by atomic mass is 16.6. The number of anilines is 2. The predicted molar refractivity (Wildman–Crippen MR) is 124 cm³/mol. The van der Waals surface area contributed by atoms with Crippen molar-refractivity contribution in [1.82, 2.24) is 10.1 Å². The standard InChI is InChI=1S/C24H26N4O5/c1-3-32-24(30)28-11-9-27(10-12-28)18-14-17(25-8-13-31-2)19-20-21(18)26-33-23(20)16-7-5-4-6-15(16)22(19)29/h4-7,14,25H,3,8-13H2,1-2H3. The third kappa shape index (κ3) is 3.58. The lowest BCUT2D eigenvalue weighted by Gasteiger charge is -2.36. The van der Waals surface area contributed by atoms with Crippen molar-refractivity contribution in [2.24, 2.45) is 0 Å². The number of ketones is 1. The van der Waals surface area contributed by atoms with Gasteiger partial charge in [0.2, 0.25) is 0 Å². The molecule has 1 aliphatic heterocycles. The Hall–Kier alpha value is -3.59. The summed E-state index contributed by atoms with van der Waals surface area (Å²) in [6, 6.07) is 9.41. The third-order valence-corrected chi connectivity index (χ3v) is 6.15. The van der Waals surface area contributed by atoms with Crippen LogP contribution in [0.5, 0.6) is 0 Å². The largest absolute Gasteiger partial charge is 0.450 e. The summed E-state index contributed by atoms with van der Waals surface area (Å²) in [5.41, 5.74) is 4.19. The van der Waals surface area contributed by atoms with E-state index < -0.39 is 0 Å². The maximum atomic E-state index is 13.5. The zero-order valence-corrected chi connectivity index (χ0v) is 18.7. The number of piperazine rings is 1. The van der Waals surface area contributed by atoms with Gasteiger partial charge in [-0.1, -0.05) is 29.4 Å². The summed E-state index contributed by atoms with van der Waals surface area (Å²) in [5, 5.41) is 8.49. The fraction of sp³-hybridized carbons (Fsp3) is 0.375. The molecule has 0 atom stereocenters. The smallest absolute Gasteiger partial charge is 0.409 e. The van der Waals surface area contributed by atoms with Crippen LogP contribution >= 0.6 is 0 Å². The number of carbonyl (C=O) groups excluding carboxylic acids is 2. The molecule has 2 aromatic carbocycles. The van der Waals surface area contributed by atoms with Crippen molar-refractivity contribution in [2.75, 3.05) is 63.3 Å². The van der Waals surface area contributed by atoms with Gasteiger partial charge in [-0.15, -0.1) is 0 Å². The molecule has 3 aromatic rings. The highest BCUT2D eigenvalue weighted by molar-refractivity contribution is 6.28. The Bertz CT molecular complexity index is 1210. The molecule has 0 saturated carbocycles. The Labute approximate surface area is 191 Å². The van der Waals surface area contributed by atoms with Gasteiger partial charge >= 0.3 is 6.09 Å². The molecule has 0 unspecified atom stereocenters. The summed E-state index contributed by atoms with van der Waals surface area (Å²) in [5.74, 6) is 0.557. The molecule has 5 rings (SSSR count). The Morgan fingerprint density at radius 1 is 1.18 bits per heavy atom. The minimum absolute atomic E-state index is 0.0510. The summed E-state index contributed by atoms with van der Waals surface area (Å²) in [7, 11) is 1.64. The summed E-state index contributed by atoms with van der Waals surface area (Å²) >= 11 is 0. The SMILES string of the molecule is CCOC(=O)N1CCN(c2cc(NCCOC)c3c4c(onc24)-c2ccccc2C3=O)CC1. The molecule has 2 heterocycles. The number of benzene rings is 2. The molecule has 2 aliphatic rings. The van der Waals surface area contributed by atoms with Gasteiger partial charge in [-0.3, -0.25) is 4.79 Å². The number of amides is 1. The summed E-state index contributed by atoms with van der Waals surface area (Å²) in [6.45, 7) is 5.55. The molecule has 172 valence electrons. The Morgan fingerprint density at radius 3 is 2.67 bits per heavy atom. The van der Waals surface area contributed by atoms with Gasteiger partial charge in [0.25, 0.3) is 0 Å². The number of aromatic nitrogens is 1. The van der Waals surface area contributed by atoms with Crippen molar-refractivity contribution in [3.63, 3.8) is 0 Å². The van der Waals surface area contributed by atoms with Crippen LogP contribution in [-0.4, -0.2) is 75.0 Å². The lowest BCUT2D eigenvalue weighted by Crippen LogP contribution is -2.49. The van der Waals surface area contributed by atoms with Gasteiger partial charge in [0.05, 0.1) is 29.9 Å². The quantitative estimate of drug-likeness (QED) is 0.447. The molecule has 0 bridgehead atoms. The normalized spacial score (nSPS) is 15.0. The van der Waals surface area contributed by atoms with E-state index in [-0.39, 0.29) is 11.9 Å². The van der Waals surface area contributed by atoms with Gasteiger partial charge in [-0.05, 0) is 13.0 Å². The van der Waals surface area contributed by atoms with E-state index in [1.165, 1.54) is 0 Å². The van der Waals surface area contributed by atoms with Gasteiger partial charge in [0.1, 0.15) is 5.52 Å². The second-order valence-corrected chi connectivity index (χ2v) is 8.02. The lowest BCUT2D eigenvalue weighted by atomic mass is 9.86. The number of methoxy groups -OCH3 is 1. The van der Waals surface area contributed by atoms with Crippen LogP contribution in [0.25, 0.3) is 22.2 Å². The number of rotatable bonds is 6. The summed E-state index contributed by atoms with van der Waals surface area (Å²) in [6.07, 6.45) is -0.292. The number of ether oxygens (including phenoxy) is 2. The van der Waals surface area contributed by atoms with Gasteiger partial charge in [0.15, 0.2) is 11.5 Å². The zero-order chi connectivity index (χ0) is 22.9. The van der Waals surface area contributed by atoms with Crippen molar-refractivity contribution in [3.05, 3.63) is 41.5 Å². The van der Waals surface area contributed by atoms with Crippen molar-refractivity contribution < 1.29 is 23.6 Å². The van der Waals surface area contributed by atoms with Crippen molar-refractivity contribution in [2.45, 2.75) is 6.92 Å². The average molecular weight is 450 g/mol. The van der Waals surface area contributed by atoms with Crippen LogP contribution in [0.1, 0.15) is 22.8 Å². The number of carbonyl (C=O) groups is 2. The molecule has 1 N–H and O–H groups in total. The highest BCUT2D eigenvalue weighted by Crippen LogP contribution is 2.45. The molecule has 33 heavy (non-hydrogen) atoms. The molecule has 1 saturated heterocycles. The molecule has 1 aromatic heterocycles. The molecule has 1 aliphatic carbocycles. The van der Waals surface area contributed by atoms with E-state index in [4.69, 9.17) is 14.0 Å². The highest BCUT2D eigenvalue weighted by Gasteiger charge is 2.34. The van der Waals surface area contributed by atoms with Crippen LogP contribution in [0.4, 0.5) is 16.2 Å². The Kier molecular flexibility index (Phi) is 5.63. The van der Waals surface area contributed by atoms with Gasteiger partial charge in [-0.25, -0.2) is 4.79 Å². The predicted octanol–water partition coefficient (Wildman–Crippen LogP) is 3.38. The number of nitrogens with one attached hydrogen (secondary N) is 1. The van der Waals surface area contributed by atoms with Crippen molar-refractivity contribution >= 4 is 34.2 Å². The topological polar surface area (TPSA) is 97.1 Å². The monoisotopic (exact) mass is 450 g/mol. The fourth-order valence-electron chi connectivity index (χ4n) is 4.56. The van der Waals surface area contributed by atoms with E-state index in [9.17, 15) is 9.59 Å². The number of fused-ring (bicyclic) bond motifs is 2. The lowest BCUT2D eigenvalue weighted by molar-refractivity contribution is 0.103. The van der Waals surface area contributed by atoms with Crippen molar-refractivity contribution in [1.29, 1.82) is 0 Å². The van der Waals surface area contributed by atoms with Crippen LogP contribution in [0.3, 0.4) is 0 Å². The maximum Gasteiger partial charge on any atom is 0.409 e. The maximum absolute atomic E-state index is 13.5. The second-order valence-electron chi connectivity index (χ2n) is 8.02. The van der Waals surface area contributed by atoms with E-state index in [0.29, 0.717) is 68.3 Å². The summed E-state index contributed by atoms with van der Waals surface area (Å²) in [4.78, 5) is 29.5. The Morgan fingerprint density at radius 2 is 1.94 bits per heavy atom. The second kappa shape index (κ2) is 8.74. The van der Waals surface area contributed by atoms with Gasteiger partial charge in [0, 0.05) is 56.6 Å². The zero-order valence-electron chi connectivity index (χ0n) is 18.7. The first-order valence-corrected chi connectivity index (χ1v) is 11.1. The summed E-state index contributed by atoms with van der Waals surface area (Å²) < 4.78 is 16.1. The third-order valence-electron chi connectivity index (χ3n) is 6.15. The molecule has 9 nitrogen and oxygen atoms in total. The van der Waals surface area contributed by atoms with Crippen LogP contribution in [0.15, 0.2) is 34.9 Å². The minimum Gasteiger partial charge on any atom is -0.450 e. The molecule has 9 heteroatoms. The average Bonchev–Trinajstić information content (AvgIpc) is 3.28. The Balaban J connectivity index is 1.57. The molecular weight excluding hydrogens is 424 g/mol. The number of hydrogen-bond acceptors (Lipinski definition) is 8. The first-order chi connectivity index (χ1) is 16.1. The molecule has 1 amide bonds. The fourth-order valence-corrected chi connectivity index (χ4v) is 4.56. The molecule has 1 fully saturated rings. The van der Waals surface area contributed by atoms with E-state index in [2.05, 4.69) is 15.4 Å². The van der Waals surface area contributed by atoms with Gasteiger partial charge in [-0.2, -0.15) is 0 Å². The van der Waals surface area contributed by atoms with Crippen LogP contribution < -0.4 is 10.2 Å². The van der Waals surface area contributed by atoms with Crippen LogP contribution in [-0.2, 0) is 9.47 Å². The number of nitrogens with zero attached hydrogens (tertiary/aromatic N) is 3. The van der Waals surface area contributed by atoms with Crippen LogP contribution in [0, 0.1) is 0 Å². The van der Waals surface area contributed by atoms with E-state index in [0.717, 1.165) is 22.3 Å². The number of hydrogen-bond donors (Lipinski definition) is 1. The van der Waals surface area contributed by atoms with E-state index in [1.807, 2.05) is 30.3 Å². The molecular formula is C24H26N4O5. The minimum atomic E-state index is -0.292. The first-order valence-electron chi connectivity index (χ1n) is 11.1. The van der Waals surface area contributed by atoms with E-state index in [1.54, 1.807) is 18.9 Å². The molecule has 0 spiro atoms. The molecule has 0 radical (unpaired) electrons. The van der Waals surface area contributed by atoms with Crippen LogP contribution in [0.2, 0.25) is 0 Å².